The van der Waals surface area contributed by atoms with Gasteiger partial charge in [0.2, 0.25) is 0 Å². The van der Waals surface area contributed by atoms with Crippen LogP contribution in [0.2, 0.25) is 5.02 Å². The Morgan fingerprint density at radius 1 is 1.19 bits per heavy atom. The van der Waals surface area contributed by atoms with Crippen LogP contribution in [-0.4, -0.2) is 4.92 Å². The molecule has 0 N–H and O–H groups in total. The monoisotopic (exact) mass is 476 g/mol. The van der Waals surface area contributed by atoms with Crippen LogP contribution in [0.4, 0.5) is 5.69 Å². The molecule has 0 unspecified atom stereocenters. The maximum absolute atomic E-state index is 11.0. The molecule has 2 aromatic carbocycles. The van der Waals surface area contributed by atoms with Crippen LogP contribution in [0.3, 0.4) is 0 Å². The number of nitro groups is 1. The van der Waals surface area contributed by atoms with E-state index in [9.17, 15) is 15.4 Å². The summed E-state index contributed by atoms with van der Waals surface area (Å²) in [6, 6.07) is 17.2. The number of rotatable bonds is 4. The lowest BCUT2D eigenvalue weighted by Gasteiger charge is -2.01. The number of benzene rings is 2. The summed E-state index contributed by atoms with van der Waals surface area (Å²) in [6.07, 6.45) is 1.62. The molecular formula is C19H10ClIN2O3. The normalized spacial score (nSPS) is 11.2. The molecule has 5 nitrogen and oxygen atoms in total. The zero-order valence-corrected chi connectivity index (χ0v) is 16.1. The van der Waals surface area contributed by atoms with E-state index in [1.165, 1.54) is 18.2 Å². The van der Waals surface area contributed by atoms with Crippen molar-refractivity contribution in [2.45, 2.75) is 0 Å². The molecule has 7 heteroatoms. The first-order chi connectivity index (χ1) is 12.5. The van der Waals surface area contributed by atoms with Gasteiger partial charge < -0.3 is 4.42 Å². The van der Waals surface area contributed by atoms with Crippen LogP contribution in [0.5, 0.6) is 0 Å². The highest BCUT2D eigenvalue weighted by Gasteiger charge is 2.14. The molecule has 3 rings (SSSR count). The van der Waals surface area contributed by atoms with Gasteiger partial charge in [-0.2, -0.15) is 5.26 Å². The molecule has 0 aliphatic carbocycles. The molecule has 0 aliphatic heterocycles. The lowest BCUT2D eigenvalue weighted by atomic mass is 10.1. The third-order valence-corrected chi connectivity index (χ3v) is 4.66. The van der Waals surface area contributed by atoms with Crippen molar-refractivity contribution >= 4 is 51.5 Å². The van der Waals surface area contributed by atoms with Gasteiger partial charge in [-0.05, 0) is 64.6 Å². The van der Waals surface area contributed by atoms with Crippen molar-refractivity contribution < 1.29 is 9.34 Å². The summed E-state index contributed by atoms with van der Waals surface area (Å²) >= 11 is 8.33. The van der Waals surface area contributed by atoms with Gasteiger partial charge in [-0.25, -0.2) is 0 Å². The van der Waals surface area contributed by atoms with Gasteiger partial charge in [0.25, 0.3) is 5.69 Å². The Morgan fingerprint density at radius 3 is 2.58 bits per heavy atom. The van der Waals surface area contributed by atoms with Gasteiger partial charge in [-0.15, -0.1) is 0 Å². The molecule has 0 spiro atoms. The molecule has 0 aliphatic rings. The van der Waals surface area contributed by atoms with Gasteiger partial charge in [-0.3, -0.25) is 10.1 Å². The number of nitriles is 1. The second-order valence-corrected chi connectivity index (χ2v) is 6.95. The zero-order chi connectivity index (χ0) is 18.7. The number of nitrogens with zero attached hydrogens (tertiary/aromatic N) is 2. The van der Waals surface area contributed by atoms with E-state index in [1.807, 2.05) is 24.3 Å². The highest BCUT2D eigenvalue weighted by molar-refractivity contribution is 14.1. The van der Waals surface area contributed by atoms with E-state index < -0.39 is 4.92 Å². The fourth-order valence-electron chi connectivity index (χ4n) is 2.34. The Morgan fingerprint density at radius 2 is 1.92 bits per heavy atom. The Balaban J connectivity index is 1.97. The van der Waals surface area contributed by atoms with Crippen molar-refractivity contribution in [2.75, 3.05) is 0 Å². The number of hydrogen-bond acceptors (Lipinski definition) is 4. The maximum atomic E-state index is 11.0. The number of allylic oxidation sites excluding steroid dienone is 1. The Kier molecular flexibility index (Phi) is 5.40. The SMILES string of the molecule is N#C/C(=C/c1ccc(-c2cc([N+](=O)[O-])ccc2Cl)o1)c1ccc(I)cc1. The van der Waals surface area contributed by atoms with Gasteiger partial charge in [0.1, 0.15) is 11.5 Å². The highest BCUT2D eigenvalue weighted by atomic mass is 127. The van der Waals surface area contributed by atoms with Gasteiger partial charge in [-0.1, -0.05) is 23.7 Å². The Labute approximate surface area is 167 Å². The fraction of sp³-hybridized carbons (Fsp3) is 0. The van der Waals surface area contributed by atoms with Crippen molar-refractivity contribution in [1.82, 2.24) is 0 Å². The van der Waals surface area contributed by atoms with Gasteiger partial charge in [0.15, 0.2) is 0 Å². The predicted octanol–water partition coefficient (Wildman–Crippen LogP) is 6.18. The molecule has 1 heterocycles. The van der Waals surface area contributed by atoms with Crippen LogP contribution in [0.15, 0.2) is 59.0 Å². The van der Waals surface area contributed by atoms with E-state index in [2.05, 4.69) is 28.7 Å². The smallest absolute Gasteiger partial charge is 0.270 e. The lowest BCUT2D eigenvalue weighted by Crippen LogP contribution is -1.88. The zero-order valence-electron chi connectivity index (χ0n) is 13.1. The third-order valence-electron chi connectivity index (χ3n) is 3.62. The molecule has 0 atom stereocenters. The first-order valence-corrected chi connectivity index (χ1v) is 8.85. The summed E-state index contributed by atoms with van der Waals surface area (Å²) in [6.45, 7) is 0. The van der Waals surface area contributed by atoms with Crippen LogP contribution in [0, 0.1) is 25.0 Å². The number of nitro benzene ring substituents is 1. The topological polar surface area (TPSA) is 80.1 Å². The molecule has 0 saturated heterocycles. The van der Waals surface area contributed by atoms with E-state index in [4.69, 9.17) is 16.0 Å². The first-order valence-electron chi connectivity index (χ1n) is 7.40. The van der Waals surface area contributed by atoms with Crippen LogP contribution in [0.1, 0.15) is 11.3 Å². The third kappa shape index (κ3) is 3.95. The van der Waals surface area contributed by atoms with E-state index in [1.54, 1.807) is 18.2 Å². The molecule has 0 fully saturated rings. The largest absolute Gasteiger partial charge is 0.457 e. The van der Waals surface area contributed by atoms with E-state index >= 15 is 0 Å². The standard InChI is InChI=1S/C19H10ClIN2O3/c20-18-7-5-15(23(24)25)10-17(18)19-8-6-16(26-19)9-13(11-22)12-1-3-14(21)4-2-12/h1-10H/b13-9-. The summed E-state index contributed by atoms with van der Waals surface area (Å²) in [4.78, 5) is 10.5. The van der Waals surface area contributed by atoms with Crippen molar-refractivity contribution in [3.8, 4) is 17.4 Å². The molecule has 3 aromatic rings. The molecule has 0 bridgehead atoms. The van der Waals surface area contributed by atoms with E-state index in [0.717, 1.165) is 9.13 Å². The van der Waals surface area contributed by atoms with Crippen LogP contribution in [-0.2, 0) is 0 Å². The van der Waals surface area contributed by atoms with Crippen LogP contribution < -0.4 is 0 Å². The molecule has 1 aromatic heterocycles. The summed E-state index contributed by atoms with van der Waals surface area (Å²) in [5.41, 5.74) is 1.58. The fourth-order valence-corrected chi connectivity index (χ4v) is 2.91. The molecular weight excluding hydrogens is 467 g/mol. The average molecular weight is 477 g/mol. The average Bonchev–Trinajstić information content (AvgIpc) is 3.09. The van der Waals surface area contributed by atoms with E-state index in [-0.39, 0.29) is 5.69 Å². The summed E-state index contributed by atoms with van der Waals surface area (Å²) in [5.74, 6) is 0.850. The van der Waals surface area contributed by atoms with Crippen LogP contribution in [0.25, 0.3) is 23.0 Å². The Hall–Kier alpha value is -2.63. The minimum Gasteiger partial charge on any atom is -0.457 e. The molecule has 0 saturated carbocycles. The molecule has 0 radical (unpaired) electrons. The summed E-state index contributed by atoms with van der Waals surface area (Å²) in [5, 5.41) is 20.7. The first kappa shape index (κ1) is 18.2. The maximum Gasteiger partial charge on any atom is 0.270 e. The number of furan rings is 1. The quantitative estimate of drug-likeness (QED) is 0.195. The number of halogens is 2. The second kappa shape index (κ2) is 7.72. The van der Waals surface area contributed by atoms with Crippen molar-refractivity contribution in [3.63, 3.8) is 0 Å². The summed E-state index contributed by atoms with van der Waals surface area (Å²) in [7, 11) is 0. The number of non-ortho nitro benzene ring substituents is 1. The summed E-state index contributed by atoms with van der Waals surface area (Å²) < 4.78 is 6.80. The lowest BCUT2D eigenvalue weighted by molar-refractivity contribution is -0.384. The Bertz CT molecular complexity index is 1050. The second-order valence-electron chi connectivity index (χ2n) is 5.30. The predicted molar refractivity (Wildman–Crippen MR) is 108 cm³/mol. The highest BCUT2D eigenvalue weighted by Crippen LogP contribution is 2.33. The van der Waals surface area contributed by atoms with Crippen molar-refractivity contribution in [2.24, 2.45) is 0 Å². The molecule has 26 heavy (non-hydrogen) atoms. The van der Waals surface area contributed by atoms with Gasteiger partial charge in [0, 0.05) is 21.3 Å². The minimum absolute atomic E-state index is 0.0745. The van der Waals surface area contributed by atoms with E-state index in [0.29, 0.717) is 27.7 Å². The van der Waals surface area contributed by atoms with Crippen molar-refractivity contribution in [3.05, 3.63) is 84.6 Å². The van der Waals surface area contributed by atoms with Crippen molar-refractivity contribution in [1.29, 1.82) is 5.26 Å². The minimum atomic E-state index is -0.492. The van der Waals surface area contributed by atoms with Gasteiger partial charge >= 0.3 is 0 Å². The molecule has 0 amide bonds. The molecule has 128 valence electrons. The van der Waals surface area contributed by atoms with Crippen LogP contribution >= 0.6 is 34.2 Å². The number of hydrogen-bond donors (Lipinski definition) is 0. The van der Waals surface area contributed by atoms with Gasteiger partial charge in [0.05, 0.1) is 21.6 Å².